The van der Waals surface area contributed by atoms with E-state index < -0.39 is 18.2 Å². The number of hydrogen-bond donors (Lipinski definition) is 4. The second-order valence-corrected chi connectivity index (χ2v) is 8.34. The summed E-state index contributed by atoms with van der Waals surface area (Å²) < 4.78 is 0. The van der Waals surface area contributed by atoms with Crippen molar-refractivity contribution in [3.63, 3.8) is 0 Å². The van der Waals surface area contributed by atoms with E-state index in [1.807, 2.05) is 0 Å². The average Bonchev–Trinajstić information content (AvgIpc) is 2.71. The summed E-state index contributed by atoms with van der Waals surface area (Å²) >= 11 is 0. The zero-order chi connectivity index (χ0) is 20.9. The first kappa shape index (κ1) is 27.6. The van der Waals surface area contributed by atoms with Crippen molar-refractivity contribution in [2.24, 2.45) is 5.73 Å². The topological polar surface area (TPSA) is 86.7 Å². The number of nitrogens with two attached hydrogens (primary N) is 1. The largest absolute Gasteiger partial charge is 0.395 e. The molecule has 0 saturated heterocycles. The van der Waals surface area contributed by atoms with E-state index in [0.717, 1.165) is 12.8 Å². The normalized spacial score (nSPS) is 15.2. The van der Waals surface area contributed by atoms with Crippen molar-refractivity contribution in [1.82, 2.24) is 0 Å². The standard InChI is InChI=1S/C24H49NO3/c1-2-3-4-5-6-7-8-9-10-11-12-13-14-15-16-17-18-19-20-23(27)24(28)22(25)21-26/h10-11,22-24,26-28H,2-9,12-21,25H2,1H3. The fourth-order valence-electron chi connectivity index (χ4n) is 3.52. The van der Waals surface area contributed by atoms with E-state index in [1.54, 1.807) is 0 Å². The van der Waals surface area contributed by atoms with Crippen LogP contribution in [0.2, 0.25) is 0 Å². The van der Waals surface area contributed by atoms with Gasteiger partial charge in [0, 0.05) is 0 Å². The van der Waals surface area contributed by atoms with E-state index in [1.165, 1.54) is 89.9 Å². The Labute approximate surface area is 174 Å². The summed E-state index contributed by atoms with van der Waals surface area (Å²) in [7, 11) is 0. The van der Waals surface area contributed by atoms with Crippen LogP contribution in [0.5, 0.6) is 0 Å². The van der Waals surface area contributed by atoms with Crippen LogP contribution in [-0.2, 0) is 0 Å². The molecule has 168 valence electrons. The minimum atomic E-state index is -1.02. The molecule has 0 aliphatic carbocycles. The molecule has 0 spiro atoms. The Hall–Kier alpha value is -0.420. The summed E-state index contributed by atoms with van der Waals surface area (Å²) in [5, 5.41) is 28.4. The van der Waals surface area contributed by atoms with Gasteiger partial charge in [0.1, 0.15) is 0 Å². The van der Waals surface area contributed by atoms with Gasteiger partial charge in [-0.05, 0) is 32.1 Å². The van der Waals surface area contributed by atoms with Gasteiger partial charge in [0.05, 0.1) is 24.9 Å². The van der Waals surface area contributed by atoms with E-state index in [2.05, 4.69) is 19.1 Å². The van der Waals surface area contributed by atoms with Crippen LogP contribution >= 0.6 is 0 Å². The maximum absolute atomic E-state index is 9.81. The quantitative estimate of drug-likeness (QED) is 0.157. The average molecular weight is 400 g/mol. The van der Waals surface area contributed by atoms with Crippen LogP contribution in [0.4, 0.5) is 0 Å². The lowest BCUT2D eigenvalue weighted by Crippen LogP contribution is -2.45. The van der Waals surface area contributed by atoms with Crippen LogP contribution in [-0.4, -0.2) is 40.2 Å². The maximum atomic E-state index is 9.81. The van der Waals surface area contributed by atoms with Crippen LogP contribution in [0.3, 0.4) is 0 Å². The first-order chi connectivity index (χ1) is 13.6. The van der Waals surface area contributed by atoms with Crippen LogP contribution in [0.15, 0.2) is 12.2 Å². The molecule has 4 nitrogen and oxygen atoms in total. The summed E-state index contributed by atoms with van der Waals surface area (Å²) in [4.78, 5) is 0. The van der Waals surface area contributed by atoms with Gasteiger partial charge in [-0.2, -0.15) is 0 Å². The van der Waals surface area contributed by atoms with Gasteiger partial charge in [0.15, 0.2) is 0 Å². The predicted molar refractivity (Wildman–Crippen MR) is 120 cm³/mol. The molecular weight excluding hydrogens is 350 g/mol. The minimum absolute atomic E-state index is 0.299. The smallest absolute Gasteiger partial charge is 0.0971 e. The second kappa shape index (κ2) is 21.3. The third-order valence-corrected chi connectivity index (χ3v) is 5.56. The molecule has 4 heteroatoms. The molecule has 0 aromatic carbocycles. The van der Waals surface area contributed by atoms with Crippen molar-refractivity contribution in [2.45, 2.75) is 134 Å². The fraction of sp³-hybridized carbons (Fsp3) is 0.917. The predicted octanol–water partition coefficient (Wildman–Crippen LogP) is 5.24. The lowest BCUT2D eigenvalue weighted by molar-refractivity contribution is -0.0121. The lowest BCUT2D eigenvalue weighted by atomic mass is 10.00. The molecule has 0 aliphatic rings. The van der Waals surface area contributed by atoms with Crippen LogP contribution in [0, 0.1) is 0 Å². The Morgan fingerprint density at radius 1 is 0.679 bits per heavy atom. The van der Waals surface area contributed by atoms with Gasteiger partial charge in [-0.3, -0.25) is 0 Å². The summed E-state index contributed by atoms with van der Waals surface area (Å²) in [6, 6.07) is -0.750. The Morgan fingerprint density at radius 2 is 1.11 bits per heavy atom. The third-order valence-electron chi connectivity index (χ3n) is 5.56. The van der Waals surface area contributed by atoms with E-state index in [-0.39, 0.29) is 6.61 Å². The first-order valence-electron chi connectivity index (χ1n) is 12.0. The third kappa shape index (κ3) is 17.7. The molecule has 3 unspecified atom stereocenters. The molecule has 0 aromatic rings. The molecule has 0 saturated carbocycles. The van der Waals surface area contributed by atoms with Crippen molar-refractivity contribution in [2.75, 3.05) is 6.61 Å². The van der Waals surface area contributed by atoms with Crippen LogP contribution in [0.25, 0.3) is 0 Å². The Kier molecular flexibility index (Phi) is 21.0. The summed E-state index contributed by atoms with van der Waals surface area (Å²) in [6.45, 7) is 1.97. The highest BCUT2D eigenvalue weighted by molar-refractivity contribution is 4.81. The van der Waals surface area contributed by atoms with Crippen LogP contribution < -0.4 is 5.73 Å². The van der Waals surface area contributed by atoms with Gasteiger partial charge in [0.25, 0.3) is 0 Å². The Bertz CT molecular complexity index is 336. The van der Waals surface area contributed by atoms with Gasteiger partial charge >= 0.3 is 0 Å². The number of unbranched alkanes of at least 4 members (excludes halogenated alkanes) is 14. The molecule has 0 bridgehead atoms. The monoisotopic (exact) mass is 399 g/mol. The maximum Gasteiger partial charge on any atom is 0.0971 e. The van der Waals surface area contributed by atoms with E-state index in [0.29, 0.717) is 6.42 Å². The van der Waals surface area contributed by atoms with Gasteiger partial charge in [-0.25, -0.2) is 0 Å². The highest BCUT2D eigenvalue weighted by Crippen LogP contribution is 2.13. The van der Waals surface area contributed by atoms with Gasteiger partial charge < -0.3 is 21.1 Å². The van der Waals surface area contributed by atoms with E-state index >= 15 is 0 Å². The number of hydrogen-bond acceptors (Lipinski definition) is 4. The number of aliphatic hydroxyl groups excluding tert-OH is 3. The summed E-state index contributed by atoms with van der Waals surface area (Å²) in [5.74, 6) is 0. The molecule has 0 heterocycles. The fourth-order valence-corrected chi connectivity index (χ4v) is 3.52. The Balaban J connectivity index is 3.27. The second-order valence-electron chi connectivity index (χ2n) is 8.34. The SMILES string of the molecule is CCCCCCCCCC=CCCCCCCCCCC(O)C(O)C(N)CO. The molecule has 0 rings (SSSR count). The Morgan fingerprint density at radius 3 is 1.57 bits per heavy atom. The molecule has 28 heavy (non-hydrogen) atoms. The van der Waals surface area contributed by atoms with Gasteiger partial charge in [0.2, 0.25) is 0 Å². The highest BCUT2D eigenvalue weighted by Gasteiger charge is 2.22. The highest BCUT2D eigenvalue weighted by atomic mass is 16.3. The van der Waals surface area contributed by atoms with Crippen LogP contribution in [0.1, 0.15) is 116 Å². The number of allylic oxidation sites excluding steroid dienone is 2. The molecular formula is C24H49NO3. The molecule has 0 amide bonds. The molecule has 0 aliphatic heterocycles. The van der Waals surface area contributed by atoms with Crippen molar-refractivity contribution < 1.29 is 15.3 Å². The summed E-state index contributed by atoms with van der Waals surface area (Å²) in [6.07, 6.45) is 23.9. The zero-order valence-corrected chi connectivity index (χ0v) is 18.5. The molecule has 3 atom stereocenters. The molecule has 0 radical (unpaired) electrons. The van der Waals surface area contributed by atoms with Gasteiger partial charge in [-0.1, -0.05) is 96.1 Å². The summed E-state index contributed by atoms with van der Waals surface area (Å²) in [5.41, 5.74) is 5.52. The van der Waals surface area contributed by atoms with Crippen molar-refractivity contribution >= 4 is 0 Å². The van der Waals surface area contributed by atoms with Crippen molar-refractivity contribution in [1.29, 1.82) is 0 Å². The molecule has 0 aromatic heterocycles. The van der Waals surface area contributed by atoms with Gasteiger partial charge in [-0.15, -0.1) is 0 Å². The molecule has 5 N–H and O–H groups in total. The molecule has 0 fully saturated rings. The number of aliphatic hydroxyl groups is 3. The first-order valence-corrected chi connectivity index (χ1v) is 12.0. The van der Waals surface area contributed by atoms with Crippen molar-refractivity contribution in [3.05, 3.63) is 12.2 Å². The zero-order valence-electron chi connectivity index (χ0n) is 18.5. The number of rotatable bonds is 21. The lowest BCUT2D eigenvalue weighted by Gasteiger charge is -2.22. The minimum Gasteiger partial charge on any atom is -0.395 e. The van der Waals surface area contributed by atoms with E-state index in [9.17, 15) is 10.2 Å². The van der Waals surface area contributed by atoms with E-state index in [4.69, 9.17) is 10.8 Å². The van der Waals surface area contributed by atoms with Crippen molar-refractivity contribution in [3.8, 4) is 0 Å².